The second kappa shape index (κ2) is 5.24. The average Bonchev–Trinajstić information content (AvgIpc) is 2.42. The lowest BCUT2D eigenvalue weighted by Gasteiger charge is -2.07. The molecule has 0 spiro atoms. The van der Waals surface area contributed by atoms with Gasteiger partial charge in [-0.1, -0.05) is 0 Å². The molecule has 0 saturated carbocycles. The van der Waals surface area contributed by atoms with E-state index in [0.717, 1.165) is 0 Å². The summed E-state index contributed by atoms with van der Waals surface area (Å²) in [6.45, 7) is 1.69. The van der Waals surface area contributed by atoms with E-state index in [1.54, 1.807) is 6.92 Å². The fourth-order valence-electron chi connectivity index (χ4n) is 1.58. The van der Waals surface area contributed by atoms with Gasteiger partial charge in [-0.2, -0.15) is 5.26 Å². The Morgan fingerprint density at radius 2 is 2.20 bits per heavy atom. The van der Waals surface area contributed by atoms with Gasteiger partial charge in [0.2, 0.25) is 0 Å². The molecule has 0 unspecified atom stereocenters. The van der Waals surface area contributed by atoms with Crippen molar-refractivity contribution in [3.63, 3.8) is 0 Å². The molecule has 100 valence electrons. The zero-order valence-corrected chi connectivity index (χ0v) is 10.5. The fourth-order valence-corrected chi connectivity index (χ4v) is 1.58. The van der Waals surface area contributed by atoms with Crippen LogP contribution in [0.2, 0.25) is 0 Å². The van der Waals surface area contributed by atoms with E-state index in [4.69, 9.17) is 15.7 Å². The number of nitriles is 1. The van der Waals surface area contributed by atoms with Gasteiger partial charge in [-0.25, -0.2) is 4.98 Å². The molecule has 0 radical (unpaired) electrons. The first-order chi connectivity index (χ1) is 9.51. The summed E-state index contributed by atoms with van der Waals surface area (Å²) in [5.74, 6) is 0.00280. The third-order valence-corrected chi connectivity index (χ3v) is 2.50. The summed E-state index contributed by atoms with van der Waals surface area (Å²) < 4.78 is 5.37. The molecule has 7 nitrogen and oxygen atoms in total. The Morgan fingerprint density at radius 3 is 2.85 bits per heavy atom. The van der Waals surface area contributed by atoms with Crippen LogP contribution in [-0.2, 0) is 0 Å². The molecule has 1 heterocycles. The number of nitro groups is 1. The van der Waals surface area contributed by atoms with Crippen LogP contribution in [0.5, 0.6) is 11.6 Å². The van der Waals surface area contributed by atoms with E-state index >= 15 is 0 Å². The van der Waals surface area contributed by atoms with Gasteiger partial charge in [-0.3, -0.25) is 10.1 Å². The number of nitrogens with zero attached hydrogens (tertiary/aromatic N) is 3. The smallest absolute Gasteiger partial charge is 0.331 e. The Balaban J connectivity index is 2.45. The highest BCUT2D eigenvalue weighted by molar-refractivity contribution is 5.55. The van der Waals surface area contributed by atoms with Gasteiger partial charge in [0.25, 0.3) is 5.88 Å². The number of aromatic nitrogens is 1. The van der Waals surface area contributed by atoms with Crippen molar-refractivity contribution in [1.82, 2.24) is 4.98 Å². The van der Waals surface area contributed by atoms with Crippen LogP contribution in [0.1, 0.15) is 11.1 Å². The van der Waals surface area contributed by atoms with Gasteiger partial charge in [0.05, 0.1) is 10.5 Å². The van der Waals surface area contributed by atoms with E-state index in [2.05, 4.69) is 4.98 Å². The molecule has 0 aliphatic heterocycles. The summed E-state index contributed by atoms with van der Waals surface area (Å²) in [5, 5.41) is 20.0. The second-order valence-corrected chi connectivity index (χ2v) is 4.06. The molecule has 2 N–H and O–H groups in total. The van der Waals surface area contributed by atoms with Crippen molar-refractivity contribution in [3.05, 3.63) is 51.7 Å². The molecule has 1 aromatic carbocycles. The van der Waals surface area contributed by atoms with Crippen LogP contribution in [0, 0.1) is 28.4 Å². The Hall–Kier alpha value is -3.14. The first-order valence-electron chi connectivity index (χ1n) is 5.60. The van der Waals surface area contributed by atoms with Crippen LogP contribution < -0.4 is 10.5 Å². The Bertz CT molecular complexity index is 722. The van der Waals surface area contributed by atoms with Crippen LogP contribution in [0.25, 0.3) is 0 Å². The van der Waals surface area contributed by atoms with Gasteiger partial charge < -0.3 is 10.5 Å². The molecule has 0 saturated heterocycles. The zero-order valence-electron chi connectivity index (χ0n) is 10.5. The first kappa shape index (κ1) is 13.3. The number of anilines is 1. The molecule has 0 aliphatic rings. The molecule has 20 heavy (non-hydrogen) atoms. The minimum atomic E-state index is -0.585. The Labute approximate surface area is 114 Å². The molecule has 2 rings (SSSR count). The Kier molecular flexibility index (Phi) is 3.48. The number of aryl methyl sites for hydroxylation is 1. The van der Waals surface area contributed by atoms with E-state index in [1.807, 2.05) is 6.07 Å². The maximum absolute atomic E-state index is 11.0. The predicted octanol–water partition coefficient (Wildman–Crippen LogP) is 2.54. The zero-order chi connectivity index (χ0) is 14.7. The number of benzene rings is 1. The third-order valence-electron chi connectivity index (χ3n) is 2.50. The number of hydrogen-bond donors (Lipinski definition) is 1. The molecule has 0 aliphatic carbocycles. The molecule has 0 bridgehead atoms. The first-order valence-corrected chi connectivity index (χ1v) is 5.60. The summed E-state index contributed by atoms with van der Waals surface area (Å²) in [6.07, 6.45) is 1.45. The molecule has 0 fully saturated rings. The summed E-state index contributed by atoms with van der Waals surface area (Å²) in [7, 11) is 0. The molecule has 7 heteroatoms. The predicted molar refractivity (Wildman–Crippen MR) is 71.3 cm³/mol. The fraction of sp³-hybridized carbons (Fsp3) is 0.0769. The highest BCUT2D eigenvalue weighted by atomic mass is 16.6. The summed E-state index contributed by atoms with van der Waals surface area (Å²) in [5.41, 5.74) is 6.53. The number of hydrogen-bond acceptors (Lipinski definition) is 6. The monoisotopic (exact) mass is 270 g/mol. The van der Waals surface area contributed by atoms with Crippen molar-refractivity contribution in [3.8, 4) is 17.7 Å². The normalized spacial score (nSPS) is 9.80. The molecule has 2 aromatic rings. The molecule has 0 atom stereocenters. The molecule has 0 amide bonds. The maximum Gasteiger partial charge on any atom is 0.331 e. The Morgan fingerprint density at radius 1 is 1.45 bits per heavy atom. The highest BCUT2D eigenvalue weighted by Gasteiger charge is 2.19. The van der Waals surface area contributed by atoms with Crippen molar-refractivity contribution >= 4 is 11.4 Å². The number of nitrogens with two attached hydrogens (primary N) is 1. The van der Waals surface area contributed by atoms with Crippen molar-refractivity contribution in [2.75, 3.05) is 5.73 Å². The summed E-state index contributed by atoms with van der Waals surface area (Å²) >= 11 is 0. The van der Waals surface area contributed by atoms with Gasteiger partial charge >= 0.3 is 5.69 Å². The minimum Gasteiger partial charge on any atom is -0.432 e. The number of pyridine rings is 1. The minimum absolute atomic E-state index is 0.165. The standard InChI is InChI=1S/C13H10N4O3/c1-8-4-11(17(18)19)13(16-7-8)20-12-3-2-10(15)5-9(12)6-14/h2-5,7H,15H2,1H3. The van der Waals surface area contributed by atoms with E-state index in [1.165, 1.54) is 30.5 Å². The van der Waals surface area contributed by atoms with E-state index in [9.17, 15) is 10.1 Å². The van der Waals surface area contributed by atoms with Gasteiger partial charge in [-0.15, -0.1) is 0 Å². The lowest BCUT2D eigenvalue weighted by atomic mass is 10.2. The van der Waals surface area contributed by atoms with Gasteiger partial charge in [0.1, 0.15) is 11.8 Å². The van der Waals surface area contributed by atoms with Gasteiger partial charge in [0.15, 0.2) is 0 Å². The van der Waals surface area contributed by atoms with Gasteiger partial charge in [-0.05, 0) is 30.7 Å². The van der Waals surface area contributed by atoms with Gasteiger partial charge in [0, 0.05) is 18.0 Å². The van der Waals surface area contributed by atoms with E-state index in [0.29, 0.717) is 11.3 Å². The topological polar surface area (TPSA) is 115 Å². The highest BCUT2D eigenvalue weighted by Crippen LogP contribution is 2.31. The SMILES string of the molecule is Cc1cnc(Oc2ccc(N)cc2C#N)c([N+](=O)[O-])c1. The van der Waals surface area contributed by atoms with Crippen molar-refractivity contribution < 1.29 is 9.66 Å². The summed E-state index contributed by atoms with van der Waals surface area (Å²) in [6, 6.07) is 7.70. The lowest BCUT2D eigenvalue weighted by Crippen LogP contribution is -1.98. The molecule has 1 aromatic heterocycles. The third kappa shape index (κ3) is 2.64. The summed E-state index contributed by atoms with van der Waals surface area (Å²) in [4.78, 5) is 14.3. The van der Waals surface area contributed by atoms with E-state index in [-0.39, 0.29) is 22.9 Å². The van der Waals surface area contributed by atoms with Crippen LogP contribution in [-0.4, -0.2) is 9.91 Å². The number of ether oxygens (including phenoxy) is 1. The number of rotatable bonds is 3. The van der Waals surface area contributed by atoms with Crippen LogP contribution >= 0.6 is 0 Å². The van der Waals surface area contributed by atoms with Crippen LogP contribution in [0.3, 0.4) is 0 Å². The van der Waals surface area contributed by atoms with Crippen LogP contribution in [0.4, 0.5) is 11.4 Å². The second-order valence-electron chi connectivity index (χ2n) is 4.06. The van der Waals surface area contributed by atoms with Crippen molar-refractivity contribution in [1.29, 1.82) is 5.26 Å². The van der Waals surface area contributed by atoms with E-state index < -0.39 is 4.92 Å². The quantitative estimate of drug-likeness (QED) is 0.520. The number of nitrogen functional groups attached to an aromatic ring is 1. The molecular formula is C13H10N4O3. The lowest BCUT2D eigenvalue weighted by molar-refractivity contribution is -0.386. The van der Waals surface area contributed by atoms with Crippen molar-refractivity contribution in [2.24, 2.45) is 0 Å². The van der Waals surface area contributed by atoms with Crippen molar-refractivity contribution in [2.45, 2.75) is 6.92 Å². The average molecular weight is 270 g/mol. The van der Waals surface area contributed by atoms with Crippen LogP contribution in [0.15, 0.2) is 30.5 Å². The largest absolute Gasteiger partial charge is 0.432 e. The molecular weight excluding hydrogens is 260 g/mol. The maximum atomic E-state index is 11.0.